The van der Waals surface area contributed by atoms with Crippen LogP contribution in [0.1, 0.15) is 44.7 Å². The molecule has 0 aliphatic carbocycles. The minimum Gasteiger partial charge on any atom is -0.351 e. The average Bonchev–Trinajstić information content (AvgIpc) is 3.02. The topological polar surface area (TPSA) is 44.4 Å². The molecule has 2 heterocycles. The third-order valence-electron chi connectivity index (χ3n) is 5.42. The summed E-state index contributed by atoms with van der Waals surface area (Å²) in [6, 6.07) is 5.30. The zero-order valence-electron chi connectivity index (χ0n) is 15.3. The number of nitrogens with zero attached hydrogens (tertiary/aromatic N) is 1. The highest BCUT2D eigenvalue weighted by Gasteiger charge is 2.38. The molecular weight excluding hydrogens is 376 g/mol. The molecule has 2 saturated heterocycles. The predicted octanol–water partition coefficient (Wildman–Crippen LogP) is 3.54. The minimum atomic E-state index is -0.404. The van der Waals surface area contributed by atoms with Crippen molar-refractivity contribution in [3.63, 3.8) is 0 Å². The Hall–Kier alpha value is -0.880. The highest BCUT2D eigenvalue weighted by atomic mass is 35.5. The lowest BCUT2D eigenvalue weighted by molar-refractivity contribution is -0.126. The first-order valence-corrected chi connectivity index (χ1v) is 9.57. The van der Waals surface area contributed by atoms with E-state index in [-0.39, 0.29) is 41.3 Å². The van der Waals surface area contributed by atoms with Crippen LogP contribution in [-0.4, -0.2) is 42.5 Å². The van der Waals surface area contributed by atoms with Crippen LogP contribution < -0.4 is 10.6 Å². The smallest absolute Gasteiger partial charge is 0.223 e. The second-order valence-electron chi connectivity index (χ2n) is 7.38. The second kappa shape index (κ2) is 9.36. The van der Waals surface area contributed by atoms with E-state index in [1.807, 2.05) is 6.07 Å². The number of likely N-dealkylation sites (tertiary alicyclic amines) is 1. The summed E-state index contributed by atoms with van der Waals surface area (Å²) < 4.78 is 14.0. The van der Waals surface area contributed by atoms with Crippen molar-refractivity contribution in [1.29, 1.82) is 0 Å². The highest BCUT2D eigenvalue weighted by Crippen LogP contribution is 2.35. The Balaban J connectivity index is 0.00000243. The minimum absolute atomic E-state index is 0. The summed E-state index contributed by atoms with van der Waals surface area (Å²) in [6.07, 6.45) is 2.64. The maximum Gasteiger partial charge on any atom is 0.223 e. The summed E-state index contributed by atoms with van der Waals surface area (Å²) in [7, 11) is 0. The van der Waals surface area contributed by atoms with Gasteiger partial charge in [0.2, 0.25) is 5.91 Å². The van der Waals surface area contributed by atoms with Crippen molar-refractivity contribution in [1.82, 2.24) is 15.5 Å². The van der Waals surface area contributed by atoms with Gasteiger partial charge in [-0.15, -0.1) is 12.4 Å². The van der Waals surface area contributed by atoms with E-state index in [1.54, 1.807) is 6.07 Å². The molecule has 2 unspecified atom stereocenters. The third kappa shape index (κ3) is 4.69. The summed E-state index contributed by atoms with van der Waals surface area (Å²) in [5.41, 5.74) is 0.878. The Morgan fingerprint density at radius 2 is 2.00 bits per heavy atom. The maximum atomic E-state index is 14.0. The van der Waals surface area contributed by atoms with Crippen LogP contribution >= 0.6 is 24.0 Å². The molecule has 1 amide bonds. The Morgan fingerprint density at radius 1 is 1.31 bits per heavy atom. The summed E-state index contributed by atoms with van der Waals surface area (Å²) in [6.45, 7) is 6.95. The number of nitrogens with one attached hydrogen (secondary N) is 2. The van der Waals surface area contributed by atoms with Crippen LogP contribution in [0.4, 0.5) is 4.39 Å². The van der Waals surface area contributed by atoms with Gasteiger partial charge in [0.15, 0.2) is 0 Å². The van der Waals surface area contributed by atoms with E-state index in [1.165, 1.54) is 6.07 Å². The van der Waals surface area contributed by atoms with E-state index < -0.39 is 5.82 Å². The molecule has 4 nitrogen and oxygen atoms in total. The Labute approximate surface area is 166 Å². The molecule has 2 fully saturated rings. The van der Waals surface area contributed by atoms with Gasteiger partial charge in [-0.3, -0.25) is 9.69 Å². The highest BCUT2D eigenvalue weighted by molar-refractivity contribution is 6.30. The maximum absolute atomic E-state index is 14.0. The molecule has 3 rings (SSSR count). The number of benzene rings is 1. The number of piperidine rings is 1. The van der Waals surface area contributed by atoms with Crippen LogP contribution in [0.15, 0.2) is 18.2 Å². The first-order valence-electron chi connectivity index (χ1n) is 9.19. The Kier molecular flexibility index (Phi) is 7.71. The number of carbonyl (C=O) groups is 1. The van der Waals surface area contributed by atoms with Crippen molar-refractivity contribution in [2.75, 3.05) is 19.6 Å². The van der Waals surface area contributed by atoms with Crippen LogP contribution in [0, 0.1) is 11.7 Å². The zero-order chi connectivity index (χ0) is 18.0. The van der Waals surface area contributed by atoms with Gasteiger partial charge in [0.1, 0.15) is 5.82 Å². The number of hydrogen-bond donors (Lipinski definition) is 2. The number of hydrogen-bond acceptors (Lipinski definition) is 3. The van der Waals surface area contributed by atoms with Crippen LogP contribution in [0.3, 0.4) is 0 Å². The van der Waals surface area contributed by atoms with Gasteiger partial charge >= 0.3 is 0 Å². The van der Waals surface area contributed by atoms with Crippen molar-refractivity contribution >= 4 is 29.9 Å². The fraction of sp³-hybridized carbons (Fsp3) is 0.632. The molecule has 0 aromatic heterocycles. The van der Waals surface area contributed by atoms with Gasteiger partial charge in [-0.05, 0) is 63.9 Å². The van der Waals surface area contributed by atoms with E-state index in [0.29, 0.717) is 6.04 Å². The van der Waals surface area contributed by atoms with Crippen molar-refractivity contribution < 1.29 is 9.18 Å². The van der Waals surface area contributed by atoms with Crippen LogP contribution in [0.25, 0.3) is 0 Å². The van der Waals surface area contributed by atoms with E-state index in [2.05, 4.69) is 29.4 Å². The zero-order valence-corrected chi connectivity index (χ0v) is 16.9. The van der Waals surface area contributed by atoms with Gasteiger partial charge < -0.3 is 10.6 Å². The fourth-order valence-electron chi connectivity index (χ4n) is 4.05. The lowest BCUT2D eigenvalue weighted by Gasteiger charge is -2.33. The van der Waals surface area contributed by atoms with Crippen molar-refractivity contribution in [3.8, 4) is 0 Å². The molecule has 7 heteroatoms. The molecular formula is C19H28Cl2FN3O. The number of carbonyl (C=O) groups excluding carboxylic acids is 1. The van der Waals surface area contributed by atoms with Crippen molar-refractivity contribution in [3.05, 3.63) is 34.6 Å². The third-order valence-corrected chi connectivity index (χ3v) is 5.73. The van der Waals surface area contributed by atoms with Crippen LogP contribution in [-0.2, 0) is 4.79 Å². The SMILES string of the molecule is CC(C)N1CCC(NC(=O)C2CCNCC2)C1c1ccc(Cl)c(F)c1.Cl. The normalized spacial score (nSPS) is 24.5. The van der Waals surface area contributed by atoms with E-state index in [9.17, 15) is 9.18 Å². The molecule has 26 heavy (non-hydrogen) atoms. The Bertz CT molecular complexity index is 623. The molecule has 2 aliphatic rings. The molecule has 146 valence electrons. The first-order chi connectivity index (χ1) is 12.0. The molecule has 1 aromatic rings. The number of amides is 1. The first kappa shape index (κ1) is 21.4. The molecule has 2 atom stereocenters. The molecule has 0 bridgehead atoms. The van der Waals surface area contributed by atoms with Gasteiger partial charge in [0.05, 0.1) is 11.1 Å². The molecule has 0 spiro atoms. The molecule has 1 aromatic carbocycles. The molecule has 0 saturated carbocycles. The van der Waals surface area contributed by atoms with Crippen LogP contribution in [0.2, 0.25) is 5.02 Å². The second-order valence-corrected chi connectivity index (χ2v) is 7.79. The van der Waals surface area contributed by atoms with Gasteiger partial charge in [-0.1, -0.05) is 17.7 Å². The van der Waals surface area contributed by atoms with Crippen LogP contribution in [0.5, 0.6) is 0 Å². The van der Waals surface area contributed by atoms with E-state index in [0.717, 1.165) is 44.5 Å². The quantitative estimate of drug-likeness (QED) is 0.807. The summed E-state index contributed by atoms with van der Waals surface area (Å²) in [4.78, 5) is 15.0. The molecule has 0 radical (unpaired) electrons. The summed E-state index contributed by atoms with van der Waals surface area (Å²) >= 11 is 5.84. The predicted molar refractivity (Wildman–Crippen MR) is 105 cm³/mol. The van der Waals surface area contributed by atoms with Gasteiger partial charge in [0.25, 0.3) is 0 Å². The fourth-order valence-corrected chi connectivity index (χ4v) is 4.17. The van der Waals surface area contributed by atoms with E-state index in [4.69, 9.17) is 11.6 Å². The Morgan fingerprint density at radius 3 is 2.62 bits per heavy atom. The van der Waals surface area contributed by atoms with Gasteiger partial charge in [0, 0.05) is 24.5 Å². The van der Waals surface area contributed by atoms with Crippen molar-refractivity contribution in [2.45, 2.75) is 51.2 Å². The number of halogens is 3. The number of rotatable bonds is 4. The summed E-state index contributed by atoms with van der Waals surface area (Å²) in [5, 5.41) is 6.67. The monoisotopic (exact) mass is 403 g/mol. The van der Waals surface area contributed by atoms with E-state index >= 15 is 0 Å². The lowest BCUT2D eigenvalue weighted by atomic mass is 9.95. The molecule has 2 N–H and O–H groups in total. The largest absolute Gasteiger partial charge is 0.351 e. The lowest BCUT2D eigenvalue weighted by Crippen LogP contribution is -2.45. The van der Waals surface area contributed by atoms with Crippen molar-refractivity contribution in [2.24, 2.45) is 5.92 Å². The van der Waals surface area contributed by atoms with Gasteiger partial charge in [-0.2, -0.15) is 0 Å². The molecule has 2 aliphatic heterocycles. The average molecular weight is 404 g/mol. The summed E-state index contributed by atoms with van der Waals surface area (Å²) in [5.74, 6) is -0.188. The van der Waals surface area contributed by atoms with Gasteiger partial charge in [-0.25, -0.2) is 4.39 Å². The standard InChI is InChI=1S/C19H27ClFN3O.ClH/c1-12(2)24-10-7-17(23-19(25)13-5-8-22-9-6-13)18(24)14-3-4-15(20)16(21)11-14;/h3-4,11-13,17-18,22H,5-10H2,1-2H3,(H,23,25);1H.